The number of carbonyl (C=O) groups is 1. The van der Waals surface area contributed by atoms with E-state index in [2.05, 4.69) is 11.4 Å². The van der Waals surface area contributed by atoms with E-state index in [9.17, 15) is 4.79 Å². The Hall–Kier alpha value is -3.21. The van der Waals surface area contributed by atoms with Crippen LogP contribution in [-0.2, 0) is 4.79 Å². The predicted molar refractivity (Wildman–Crippen MR) is 103 cm³/mol. The van der Waals surface area contributed by atoms with Crippen LogP contribution in [0, 0.1) is 0 Å². The first-order valence-electron chi connectivity index (χ1n) is 9.02. The maximum absolute atomic E-state index is 12.4. The maximum atomic E-state index is 12.4. The monoisotopic (exact) mass is 363 g/mol. The van der Waals surface area contributed by atoms with E-state index in [-0.39, 0.29) is 12.0 Å². The van der Waals surface area contributed by atoms with Crippen molar-refractivity contribution in [3.05, 3.63) is 66.7 Å². The Balaban J connectivity index is 1.29. The quantitative estimate of drug-likeness (QED) is 0.704. The lowest BCUT2D eigenvalue weighted by Crippen LogP contribution is -2.49. The molecule has 27 heavy (non-hydrogen) atoms. The number of para-hydroxylation sites is 2. The molecule has 3 aromatic carbocycles. The van der Waals surface area contributed by atoms with Gasteiger partial charge in [0.05, 0.1) is 6.54 Å². The van der Waals surface area contributed by atoms with Gasteiger partial charge >= 0.3 is 0 Å². The summed E-state index contributed by atoms with van der Waals surface area (Å²) < 4.78 is 17.3. The second-order valence-electron chi connectivity index (χ2n) is 6.46. The van der Waals surface area contributed by atoms with Gasteiger partial charge in [0, 0.05) is 0 Å². The zero-order valence-electron chi connectivity index (χ0n) is 15.1. The fraction of sp³-hybridized carbons (Fsp3) is 0.227. The molecular formula is C22H21NO4. The fourth-order valence-electron chi connectivity index (χ4n) is 3.11. The third-order valence-electron chi connectivity index (χ3n) is 4.49. The predicted octanol–water partition coefficient (Wildman–Crippen LogP) is 3.56. The highest BCUT2D eigenvalue weighted by atomic mass is 16.6. The summed E-state index contributed by atoms with van der Waals surface area (Å²) in [5.41, 5.74) is 0. The summed E-state index contributed by atoms with van der Waals surface area (Å²) in [6.45, 7) is 2.59. The molecule has 0 aliphatic carbocycles. The third-order valence-corrected chi connectivity index (χ3v) is 4.49. The van der Waals surface area contributed by atoms with Gasteiger partial charge in [0.15, 0.2) is 11.5 Å². The number of rotatable bonds is 5. The minimum atomic E-state index is -0.680. The highest BCUT2D eigenvalue weighted by Gasteiger charge is 2.33. The van der Waals surface area contributed by atoms with Gasteiger partial charge in [0.1, 0.15) is 18.5 Å². The molecule has 0 saturated carbocycles. The molecule has 4 rings (SSSR count). The van der Waals surface area contributed by atoms with Crippen LogP contribution in [0.25, 0.3) is 10.8 Å². The van der Waals surface area contributed by atoms with Gasteiger partial charge in [-0.2, -0.15) is 0 Å². The minimum absolute atomic E-state index is 0.209. The SMILES string of the molecule is C[C@H]1Oc2ccccc2O[C@H]1C(=O)NCCOc1ccc2ccccc2c1. The first-order valence-corrected chi connectivity index (χ1v) is 9.02. The highest BCUT2D eigenvalue weighted by Crippen LogP contribution is 2.33. The second-order valence-corrected chi connectivity index (χ2v) is 6.46. The molecule has 1 aliphatic heterocycles. The van der Waals surface area contributed by atoms with E-state index in [4.69, 9.17) is 14.2 Å². The Morgan fingerprint density at radius 2 is 1.67 bits per heavy atom. The van der Waals surface area contributed by atoms with E-state index in [0.29, 0.717) is 24.7 Å². The van der Waals surface area contributed by atoms with E-state index < -0.39 is 6.10 Å². The molecule has 3 aromatic rings. The zero-order chi connectivity index (χ0) is 18.6. The molecule has 1 heterocycles. The van der Waals surface area contributed by atoms with Crippen molar-refractivity contribution in [3.8, 4) is 17.2 Å². The van der Waals surface area contributed by atoms with Crippen molar-refractivity contribution < 1.29 is 19.0 Å². The molecule has 5 heteroatoms. The van der Waals surface area contributed by atoms with Crippen LogP contribution in [-0.4, -0.2) is 31.3 Å². The Labute approximate surface area is 157 Å². The van der Waals surface area contributed by atoms with Crippen molar-refractivity contribution in [2.45, 2.75) is 19.1 Å². The first-order chi connectivity index (χ1) is 13.2. The van der Waals surface area contributed by atoms with Crippen LogP contribution >= 0.6 is 0 Å². The molecule has 0 bridgehead atoms. The van der Waals surface area contributed by atoms with Crippen LogP contribution < -0.4 is 19.5 Å². The number of fused-ring (bicyclic) bond motifs is 2. The molecule has 2 atom stereocenters. The lowest BCUT2D eigenvalue weighted by molar-refractivity contribution is -0.133. The molecule has 1 N–H and O–H groups in total. The number of hydrogen-bond acceptors (Lipinski definition) is 4. The normalized spacial score (nSPS) is 18.1. The molecule has 0 radical (unpaired) electrons. The second kappa shape index (κ2) is 7.58. The fourth-order valence-corrected chi connectivity index (χ4v) is 3.11. The molecule has 0 unspecified atom stereocenters. The van der Waals surface area contributed by atoms with E-state index in [0.717, 1.165) is 11.1 Å². The van der Waals surface area contributed by atoms with Crippen LogP contribution in [0.15, 0.2) is 66.7 Å². The van der Waals surface area contributed by atoms with E-state index >= 15 is 0 Å². The van der Waals surface area contributed by atoms with E-state index in [1.54, 1.807) is 6.07 Å². The van der Waals surface area contributed by atoms with Gasteiger partial charge in [-0.25, -0.2) is 0 Å². The van der Waals surface area contributed by atoms with Gasteiger partial charge in [0.2, 0.25) is 6.10 Å². The van der Waals surface area contributed by atoms with Crippen molar-refractivity contribution in [3.63, 3.8) is 0 Å². The number of nitrogens with one attached hydrogen (secondary N) is 1. The molecule has 0 saturated heterocycles. The summed E-state index contributed by atoms with van der Waals surface area (Å²) in [4.78, 5) is 12.4. The minimum Gasteiger partial charge on any atom is -0.492 e. The first kappa shape index (κ1) is 17.2. The average molecular weight is 363 g/mol. The van der Waals surface area contributed by atoms with Gasteiger partial charge in [-0.1, -0.05) is 42.5 Å². The summed E-state index contributed by atoms with van der Waals surface area (Å²) in [6, 6.07) is 21.4. The standard InChI is InChI=1S/C22H21NO4/c1-15-21(27-20-9-5-4-8-19(20)26-15)22(24)23-12-13-25-18-11-10-16-6-2-3-7-17(16)14-18/h2-11,14-15,21H,12-13H2,1H3,(H,23,24)/t15-,21-/m1/s1. The Morgan fingerprint density at radius 3 is 2.48 bits per heavy atom. The number of hydrogen-bond donors (Lipinski definition) is 1. The molecule has 5 nitrogen and oxygen atoms in total. The summed E-state index contributed by atoms with van der Waals surface area (Å²) in [7, 11) is 0. The van der Waals surface area contributed by atoms with E-state index in [1.807, 2.05) is 61.5 Å². The van der Waals surface area contributed by atoms with Crippen molar-refractivity contribution in [1.29, 1.82) is 0 Å². The lowest BCUT2D eigenvalue weighted by Gasteiger charge is -2.31. The molecule has 1 aliphatic rings. The van der Waals surface area contributed by atoms with Crippen LogP contribution in [0.2, 0.25) is 0 Å². The Kier molecular flexibility index (Phi) is 4.83. The maximum Gasteiger partial charge on any atom is 0.265 e. The van der Waals surface area contributed by atoms with Gasteiger partial charge in [-0.15, -0.1) is 0 Å². The number of benzene rings is 3. The van der Waals surface area contributed by atoms with Gasteiger partial charge in [-0.3, -0.25) is 4.79 Å². The van der Waals surface area contributed by atoms with Gasteiger partial charge in [0.25, 0.3) is 5.91 Å². The summed E-state index contributed by atoms with van der Waals surface area (Å²) in [6.07, 6.45) is -1.04. The summed E-state index contributed by atoms with van der Waals surface area (Å²) in [5, 5.41) is 5.14. The zero-order valence-corrected chi connectivity index (χ0v) is 15.1. The molecule has 1 amide bonds. The molecule has 0 spiro atoms. The average Bonchev–Trinajstić information content (AvgIpc) is 2.70. The summed E-state index contributed by atoms with van der Waals surface area (Å²) in [5.74, 6) is 1.82. The van der Waals surface area contributed by atoms with Gasteiger partial charge < -0.3 is 19.5 Å². The van der Waals surface area contributed by atoms with Crippen molar-refractivity contribution >= 4 is 16.7 Å². The smallest absolute Gasteiger partial charge is 0.265 e. The number of amides is 1. The Bertz CT molecular complexity index is 956. The number of carbonyl (C=O) groups excluding carboxylic acids is 1. The molecular weight excluding hydrogens is 342 g/mol. The third kappa shape index (κ3) is 3.82. The summed E-state index contributed by atoms with van der Waals surface area (Å²) >= 11 is 0. The highest BCUT2D eigenvalue weighted by molar-refractivity contribution is 5.84. The lowest BCUT2D eigenvalue weighted by atomic mass is 10.1. The van der Waals surface area contributed by atoms with Crippen LogP contribution in [0.4, 0.5) is 0 Å². The van der Waals surface area contributed by atoms with Crippen LogP contribution in [0.3, 0.4) is 0 Å². The van der Waals surface area contributed by atoms with Gasteiger partial charge in [-0.05, 0) is 42.0 Å². The van der Waals surface area contributed by atoms with Crippen LogP contribution in [0.1, 0.15) is 6.92 Å². The molecule has 0 aromatic heterocycles. The van der Waals surface area contributed by atoms with E-state index in [1.165, 1.54) is 5.39 Å². The Morgan fingerprint density at radius 1 is 0.963 bits per heavy atom. The molecule has 0 fully saturated rings. The number of ether oxygens (including phenoxy) is 3. The van der Waals surface area contributed by atoms with Crippen molar-refractivity contribution in [2.75, 3.05) is 13.2 Å². The largest absolute Gasteiger partial charge is 0.492 e. The van der Waals surface area contributed by atoms with Crippen molar-refractivity contribution in [1.82, 2.24) is 5.32 Å². The topological polar surface area (TPSA) is 56.8 Å². The molecule has 138 valence electrons. The van der Waals surface area contributed by atoms with Crippen LogP contribution in [0.5, 0.6) is 17.2 Å². The van der Waals surface area contributed by atoms with Crippen molar-refractivity contribution in [2.24, 2.45) is 0 Å².